The van der Waals surface area contributed by atoms with Crippen LogP contribution in [0.4, 0.5) is 5.69 Å². The number of carboxylic acids is 1. The molecule has 1 saturated heterocycles. The monoisotopic (exact) mass is 396 g/mol. The summed E-state index contributed by atoms with van der Waals surface area (Å²) in [5, 5.41) is 10.7. The Bertz CT molecular complexity index is 768. The number of hydrogen-bond acceptors (Lipinski definition) is 7. The second-order valence-electron chi connectivity index (χ2n) is 5.72. The fraction of sp³-hybridized carbons (Fsp3) is 0.412. The number of nitrogens with zero attached hydrogens (tertiary/aromatic N) is 1. The molecule has 0 spiro atoms. The van der Waals surface area contributed by atoms with E-state index >= 15 is 0 Å². The number of hydrogen-bond donors (Lipinski definition) is 2. The predicted molar refractivity (Wildman–Crippen MR) is 98.1 cm³/mol. The van der Waals surface area contributed by atoms with Gasteiger partial charge in [-0.05, 0) is 12.1 Å². The Hall–Kier alpha value is -2.75. The van der Waals surface area contributed by atoms with E-state index < -0.39 is 35.0 Å². The standard InChI is InChI=1S/C17H20N2O7S/c1-9(20)18-11(17(23)24)8-27-14-7-15(21)19(16(14)22)12-5-4-10(25-2)6-13(12)26-3/h4-6,11,14H,7-8H2,1-3H3,(H,18,20)(H,23,24). The molecule has 2 rings (SSSR count). The van der Waals surface area contributed by atoms with Gasteiger partial charge in [0.15, 0.2) is 0 Å². The minimum atomic E-state index is -1.21. The summed E-state index contributed by atoms with van der Waals surface area (Å²) in [7, 11) is 2.90. The molecule has 0 aliphatic carbocycles. The van der Waals surface area contributed by atoms with Crippen molar-refractivity contribution in [1.82, 2.24) is 5.32 Å². The summed E-state index contributed by atoms with van der Waals surface area (Å²) in [5.41, 5.74) is 0.299. The minimum absolute atomic E-state index is 0.0355. The SMILES string of the molecule is COc1ccc(N2C(=O)CC(SCC(NC(C)=O)C(=O)O)C2=O)c(OC)c1. The van der Waals surface area contributed by atoms with E-state index in [2.05, 4.69) is 5.32 Å². The average Bonchev–Trinajstić information content (AvgIpc) is 2.91. The van der Waals surface area contributed by atoms with Gasteiger partial charge in [-0.2, -0.15) is 0 Å². The molecule has 1 heterocycles. The number of carboxylic acid groups (broad SMARTS) is 1. The van der Waals surface area contributed by atoms with Gasteiger partial charge in [0.1, 0.15) is 17.5 Å². The van der Waals surface area contributed by atoms with Gasteiger partial charge in [-0.25, -0.2) is 9.69 Å². The highest BCUT2D eigenvalue weighted by Crippen LogP contribution is 2.37. The summed E-state index contributed by atoms with van der Waals surface area (Å²) in [6.07, 6.45) is -0.0644. The van der Waals surface area contributed by atoms with E-state index in [4.69, 9.17) is 14.6 Å². The summed E-state index contributed by atoms with van der Waals surface area (Å²) in [5.74, 6) is -1.77. The molecular weight excluding hydrogens is 376 g/mol. The lowest BCUT2D eigenvalue weighted by Gasteiger charge is -2.19. The first-order valence-electron chi connectivity index (χ1n) is 7.98. The molecule has 1 aromatic rings. The summed E-state index contributed by atoms with van der Waals surface area (Å²) < 4.78 is 10.4. The molecular formula is C17H20N2O7S. The lowest BCUT2D eigenvalue weighted by molar-refractivity contribution is -0.140. The van der Waals surface area contributed by atoms with Crippen molar-refractivity contribution in [1.29, 1.82) is 0 Å². The fourth-order valence-corrected chi connectivity index (χ4v) is 3.75. The minimum Gasteiger partial charge on any atom is -0.497 e. The maximum Gasteiger partial charge on any atom is 0.327 e. The van der Waals surface area contributed by atoms with E-state index in [9.17, 15) is 19.2 Å². The van der Waals surface area contributed by atoms with Gasteiger partial charge in [-0.3, -0.25) is 14.4 Å². The van der Waals surface area contributed by atoms with E-state index in [1.54, 1.807) is 18.2 Å². The summed E-state index contributed by atoms with van der Waals surface area (Å²) in [4.78, 5) is 48.4. The number of carbonyl (C=O) groups excluding carboxylic acids is 3. The van der Waals surface area contributed by atoms with Gasteiger partial charge in [-0.15, -0.1) is 11.8 Å². The Labute approximate surface area is 160 Å². The van der Waals surface area contributed by atoms with Crippen molar-refractivity contribution in [3.05, 3.63) is 18.2 Å². The molecule has 2 N–H and O–H groups in total. The number of imide groups is 1. The smallest absolute Gasteiger partial charge is 0.327 e. The molecule has 27 heavy (non-hydrogen) atoms. The third kappa shape index (κ3) is 4.70. The van der Waals surface area contributed by atoms with Crippen LogP contribution >= 0.6 is 11.8 Å². The van der Waals surface area contributed by atoms with Crippen LogP contribution in [0, 0.1) is 0 Å². The predicted octanol–water partition coefficient (Wildman–Crippen LogP) is 0.658. The zero-order valence-electron chi connectivity index (χ0n) is 15.1. The van der Waals surface area contributed by atoms with Gasteiger partial charge in [-0.1, -0.05) is 0 Å². The number of benzene rings is 1. The van der Waals surface area contributed by atoms with Crippen molar-refractivity contribution >= 4 is 41.1 Å². The van der Waals surface area contributed by atoms with Crippen LogP contribution < -0.4 is 19.7 Å². The Balaban J connectivity index is 2.15. The molecule has 0 aromatic heterocycles. The number of ether oxygens (including phenoxy) is 2. The zero-order chi connectivity index (χ0) is 20.1. The van der Waals surface area contributed by atoms with Gasteiger partial charge in [0.2, 0.25) is 17.7 Å². The second-order valence-corrected chi connectivity index (χ2v) is 6.96. The number of nitrogens with one attached hydrogen (secondary N) is 1. The molecule has 0 bridgehead atoms. The Morgan fingerprint density at radius 1 is 1.33 bits per heavy atom. The number of amides is 3. The zero-order valence-corrected chi connectivity index (χ0v) is 15.9. The largest absolute Gasteiger partial charge is 0.497 e. The molecule has 2 unspecified atom stereocenters. The first kappa shape index (κ1) is 20.6. The van der Waals surface area contributed by atoms with E-state index in [0.29, 0.717) is 17.2 Å². The van der Waals surface area contributed by atoms with Crippen LogP contribution in [-0.2, 0) is 19.2 Å². The first-order chi connectivity index (χ1) is 12.8. The quantitative estimate of drug-likeness (QED) is 0.615. The van der Waals surface area contributed by atoms with E-state index in [1.807, 2.05) is 0 Å². The van der Waals surface area contributed by atoms with E-state index in [1.165, 1.54) is 21.1 Å². The number of aliphatic carboxylic acids is 1. The van der Waals surface area contributed by atoms with Gasteiger partial charge >= 0.3 is 5.97 Å². The lowest BCUT2D eigenvalue weighted by atomic mass is 10.2. The van der Waals surface area contributed by atoms with Crippen molar-refractivity contribution in [3.63, 3.8) is 0 Å². The van der Waals surface area contributed by atoms with Gasteiger partial charge < -0.3 is 19.9 Å². The highest BCUT2D eigenvalue weighted by molar-refractivity contribution is 8.00. The highest BCUT2D eigenvalue weighted by Gasteiger charge is 2.41. The molecule has 10 heteroatoms. The summed E-state index contributed by atoms with van der Waals surface area (Å²) in [6, 6.07) is 3.58. The fourth-order valence-electron chi connectivity index (χ4n) is 2.59. The molecule has 0 radical (unpaired) electrons. The summed E-state index contributed by atoms with van der Waals surface area (Å²) in [6.45, 7) is 1.21. The third-order valence-electron chi connectivity index (χ3n) is 3.87. The molecule has 3 amide bonds. The number of rotatable bonds is 8. The van der Waals surface area contributed by atoms with Gasteiger partial charge in [0.25, 0.3) is 0 Å². The number of methoxy groups -OCH3 is 2. The van der Waals surface area contributed by atoms with E-state index in [0.717, 1.165) is 16.7 Å². The van der Waals surface area contributed by atoms with Gasteiger partial charge in [0, 0.05) is 25.2 Å². The molecule has 1 fully saturated rings. The van der Waals surface area contributed by atoms with Crippen molar-refractivity contribution in [2.24, 2.45) is 0 Å². The lowest BCUT2D eigenvalue weighted by Crippen LogP contribution is -2.42. The molecule has 1 aliphatic heterocycles. The Kier molecular flexibility index (Phi) is 6.67. The van der Waals surface area contributed by atoms with Crippen molar-refractivity contribution < 1.29 is 33.8 Å². The van der Waals surface area contributed by atoms with Crippen molar-refractivity contribution in [2.75, 3.05) is 24.9 Å². The average molecular weight is 396 g/mol. The van der Waals surface area contributed by atoms with Gasteiger partial charge in [0.05, 0.1) is 25.2 Å². The van der Waals surface area contributed by atoms with Crippen LogP contribution in [0.3, 0.4) is 0 Å². The van der Waals surface area contributed by atoms with Crippen molar-refractivity contribution in [3.8, 4) is 11.5 Å². The number of thioether (sulfide) groups is 1. The van der Waals surface area contributed by atoms with E-state index in [-0.39, 0.29) is 12.2 Å². The van der Waals surface area contributed by atoms with Crippen LogP contribution in [-0.4, -0.2) is 60.1 Å². The highest BCUT2D eigenvalue weighted by atomic mass is 32.2. The van der Waals surface area contributed by atoms with Crippen LogP contribution in [0.25, 0.3) is 0 Å². The maximum absolute atomic E-state index is 12.7. The second kappa shape index (κ2) is 8.76. The molecule has 1 aromatic carbocycles. The summed E-state index contributed by atoms with van der Waals surface area (Å²) >= 11 is 1.02. The topological polar surface area (TPSA) is 122 Å². The number of anilines is 1. The van der Waals surface area contributed by atoms with Crippen LogP contribution in [0.1, 0.15) is 13.3 Å². The van der Waals surface area contributed by atoms with Crippen LogP contribution in [0.5, 0.6) is 11.5 Å². The molecule has 0 saturated carbocycles. The molecule has 9 nitrogen and oxygen atoms in total. The third-order valence-corrected chi connectivity index (χ3v) is 5.17. The molecule has 2 atom stereocenters. The molecule has 146 valence electrons. The van der Waals surface area contributed by atoms with Crippen LogP contribution in [0.2, 0.25) is 0 Å². The van der Waals surface area contributed by atoms with Crippen LogP contribution in [0.15, 0.2) is 18.2 Å². The Morgan fingerprint density at radius 3 is 2.59 bits per heavy atom. The van der Waals surface area contributed by atoms with Crippen molar-refractivity contribution in [2.45, 2.75) is 24.6 Å². The number of carbonyl (C=O) groups is 4. The Morgan fingerprint density at radius 2 is 2.04 bits per heavy atom. The normalized spacial score (nSPS) is 17.6. The first-order valence-corrected chi connectivity index (χ1v) is 9.03. The molecule has 1 aliphatic rings. The maximum atomic E-state index is 12.7.